The van der Waals surface area contributed by atoms with E-state index in [4.69, 9.17) is 9.47 Å². The van der Waals surface area contributed by atoms with E-state index in [0.29, 0.717) is 57.7 Å². The molecule has 6 nitrogen and oxygen atoms in total. The van der Waals surface area contributed by atoms with Crippen LogP contribution in [0.1, 0.15) is 59.8 Å². The number of pyridine rings is 1. The van der Waals surface area contributed by atoms with Gasteiger partial charge in [0, 0.05) is 17.5 Å². The third-order valence-electron chi connectivity index (χ3n) is 6.57. The first kappa shape index (κ1) is 25.8. The van der Waals surface area contributed by atoms with Crippen molar-refractivity contribution in [3.8, 4) is 22.8 Å². The molecule has 1 aliphatic carbocycles. The number of benzene rings is 2. The molecule has 2 N–H and O–H groups in total. The maximum absolute atomic E-state index is 13.7. The Labute approximate surface area is 210 Å². The minimum atomic E-state index is -1.43. The highest BCUT2D eigenvalue weighted by molar-refractivity contribution is 5.96. The molecule has 7 heteroatoms. The Balaban J connectivity index is 1.50. The Hall–Kier alpha value is -3.29. The molecule has 0 saturated heterocycles. The Morgan fingerprint density at radius 3 is 2.58 bits per heavy atom. The van der Waals surface area contributed by atoms with E-state index in [1.807, 2.05) is 0 Å². The van der Waals surface area contributed by atoms with E-state index in [9.17, 15) is 19.4 Å². The van der Waals surface area contributed by atoms with E-state index in [1.165, 1.54) is 18.9 Å². The molecule has 1 aliphatic rings. The fraction of sp³-hybridized carbons (Fsp3) is 0.379. The summed E-state index contributed by atoms with van der Waals surface area (Å²) in [4.78, 5) is 17.5. The van der Waals surface area contributed by atoms with Crippen molar-refractivity contribution in [3.63, 3.8) is 0 Å². The van der Waals surface area contributed by atoms with Crippen molar-refractivity contribution in [1.82, 2.24) is 4.98 Å². The van der Waals surface area contributed by atoms with Crippen LogP contribution in [0.2, 0.25) is 0 Å². The molecule has 0 aliphatic heterocycles. The summed E-state index contributed by atoms with van der Waals surface area (Å²) < 4.78 is 25.0. The van der Waals surface area contributed by atoms with E-state index in [1.54, 1.807) is 63.4 Å². The smallest absolute Gasteiger partial charge is 0.163 e. The Morgan fingerprint density at radius 2 is 1.92 bits per heavy atom. The van der Waals surface area contributed by atoms with Crippen LogP contribution in [-0.4, -0.2) is 34.7 Å². The fourth-order valence-corrected chi connectivity index (χ4v) is 3.99. The fourth-order valence-electron chi connectivity index (χ4n) is 3.99. The lowest BCUT2D eigenvalue weighted by Crippen LogP contribution is -2.24. The summed E-state index contributed by atoms with van der Waals surface area (Å²) in [6, 6.07) is 13.1. The van der Waals surface area contributed by atoms with Crippen molar-refractivity contribution in [1.29, 1.82) is 0 Å². The number of aliphatic hydroxyl groups excluding tert-OH is 1. The van der Waals surface area contributed by atoms with Gasteiger partial charge in [0.15, 0.2) is 17.3 Å². The van der Waals surface area contributed by atoms with Gasteiger partial charge in [0.05, 0.1) is 31.7 Å². The number of halogens is 1. The summed E-state index contributed by atoms with van der Waals surface area (Å²) in [6.07, 6.45) is 2.56. The molecule has 0 amide bonds. The second-order valence-corrected chi connectivity index (χ2v) is 9.69. The average Bonchev–Trinajstić information content (AvgIpc) is 3.72. The van der Waals surface area contributed by atoms with Crippen LogP contribution in [0.3, 0.4) is 0 Å². The lowest BCUT2D eigenvalue weighted by molar-refractivity contribution is 0.0396. The minimum Gasteiger partial charge on any atom is -0.493 e. The van der Waals surface area contributed by atoms with Crippen LogP contribution in [0.4, 0.5) is 4.39 Å². The number of aromatic nitrogens is 1. The monoisotopic (exact) mass is 493 g/mol. The topological polar surface area (TPSA) is 88.9 Å². The summed E-state index contributed by atoms with van der Waals surface area (Å²) >= 11 is 0. The number of carbonyl (C=O) groups excluding carboxylic acids is 1. The molecule has 4 rings (SSSR count). The van der Waals surface area contributed by atoms with Crippen molar-refractivity contribution in [2.45, 2.75) is 51.7 Å². The summed E-state index contributed by atoms with van der Waals surface area (Å²) in [7, 11) is 1.54. The van der Waals surface area contributed by atoms with Crippen molar-refractivity contribution in [3.05, 3.63) is 76.7 Å². The summed E-state index contributed by atoms with van der Waals surface area (Å²) in [5, 5.41) is 21.0. The molecular weight excluding hydrogens is 461 g/mol. The number of nitrogens with zero attached hydrogens (tertiary/aromatic N) is 1. The molecule has 36 heavy (non-hydrogen) atoms. The summed E-state index contributed by atoms with van der Waals surface area (Å²) in [5.41, 5.74) is 1.60. The molecule has 0 radical (unpaired) electrons. The second kappa shape index (κ2) is 10.8. The SMILES string of the molecule is COc1cc(C(=O)CCC(C)(O)c2cc(CO)cc(-c3ccc(F)c(C)c3)n2)ccc1OCC1CC1. The molecule has 1 saturated carbocycles. The third kappa shape index (κ3) is 6.09. The molecule has 1 atom stereocenters. The quantitative estimate of drug-likeness (QED) is 0.350. The number of aliphatic hydroxyl groups is 2. The number of aryl methyl sites for hydroxylation is 1. The van der Waals surface area contributed by atoms with Gasteiger partial charge >= 0.3 is 0 Å². The highest BCUT2D eigenvalue weighted by Gasteiger charge is 2.28. The number of ketones is 1. The first-order valence-corrected chi connectivity index (χ1v) is 12.2. The van der Waals surface area contributed by atoms with Crippen LogP contribution in [0.5, 0.6) is 11.5 Å². The highest BCUT2D eigenvalue weighted by Crippen LogP contribution is 2.34. The van der Waals surface area contributed by atoms with Crippen molar-refractivity contribution < 1.29 is 28.9 Å². The average molecular weight is 494 g/mol. The molecule has 1 heterocycles. The predicted octanol–water partition coefficient (Wildman–Crippen LogP) is 5.36. The normalized spacial score (nSPS) is 14.8. The molecule has 1 aromatic heterocycles. The molecule has 2 aromatic carbocycles. The molecule has 190 valence electrons. The number of hydrogen-bond donors (Lipinski definition) is 2. The lowest BCUT2D eigenvalue weighted by Gasteiger charge is -2.24. The van der Waals surface area contributed by atoms with Gasteiger partial charge in [0.1, 0.15) is 11.4 Å². The summed E-state index contributed by atoms with van der Waals surface area (Å²) in [6.45, 7) is 3.66. The number of hydrogen-bond acceptors (Lipinski definition) is 6. The number of Topliss-reactive ketones (excluding diaryl/α,β-unsaturated/α-hetero) is 1. The Morgan fingerprint density at radius 1 is 1.14 bits per heavy atom. The van der Waals surface area contributed by atoms with Crippen LogP contribution in [0.15, 0.2) is 48.5 Å². The van der Waals surface area contributed by atoms with Crippen LogP contribution in [-0.2, 0) is 12.2 Å². The molecule has 1 unspecified atom stereocenters. The second-order valence-electron chi connectivity index (χ2n) is 9.69. The van der Waals surface area contributed by atoms with E-state index in [0.717, 1.165) is 0 Å². The molecular formula is C29H32FNO5. The Bertz CT molecular complexity index is 1250. The van der Waals surface area contributed by atoms with Gasteiger partial charge in [-0.05, 0) is 98.7 Å². The van der Waals surface area contributed by atoms with Gasteiger partial charge in [-0.25, -0.2) is 9.37 Å². The minimum absolute atomic E-state index is 0.0778. The van der Waals surface area contributed by atoms with Gasteiger partial charge in [-0.1, -0.05) is 0 Å². The van der Waals surface area contributed by atoms with Crippen LogP contribution >= 0.6 is 0 Å². The van der Waals surface area contributed by atoms with Crippen molar-refractivity contribution >= 4 is 5.78 Å². The maximum Gasteiger partial charge on any atom is 0.163 e. The van der Waals surface area contributed by atoms with E-state index in [-0.39, 0.29) is 31.0 Å². The van der Waals surface area contributed by atoms with E-state index in [2.05, 4.69) is 4.98 Å². The van der Waals surface area contributed by atoms with Gasteiger partial charge in [-0.3, -0.25) is 4.79 Å². The van der Waals surface area contributed by atoms with Crippen molar-refractivity contribution in [2.24, 2.45) is 5.92 Å². The van der Waals surface area contributed by atoms with Gasteiger partial charge in [0.25, 0.3) is 0 Å². The zero-order chi connectivity index (χ0) is 25.9. The van der Waals surface area contributed by atoms with Crippen LogP contribution in [0, 0.1) is 18.7 Å². The largest absolute Gasteiger partial charge is 0.493 e. The number of ether oxygens (including phenoxy) is 2. The number of carbonyl (C=O) groups is 1. The van der Waals surface area contributed by atoms with E-state index < -0.39 is 5.60 Å². The zero-order valence-electron chi connectivity index (χ0n) is 20.9. The number of methoxy groups -OCH3 is 1. The van der Waals surface area contributed by atoms with Gasteiger partial charge in [-0.15, -0.1) is 0 Å². The van der Waals surface area contributed by atoms with Crippen molar-refractivity contribution in [2.75, 3.05) is 13.7 Å². The maximum atomic E-state index is 13.7. The molecule has 0 bridgehead atoms. The van der Waals surface area contributed by atoms with Gasteiger partial charge in [-0.2, -0.15) is 0 Å². The zero-order valence-corrected chi connectivity index (χ0v) is 20.9. The van der Waals surface area contributed by atoms with Crippen LogP contribution < -0.4 is 9.47 Å². The van der Waals surface area contributed by atoms with E-state index >= 15 is 0 Å². The van der Waals surface area contributed by atoms with Gasteiger partial charge < -0.3 is 19.7 Å². The standard InChI is InChI=1S/C29H32FNO5/c1-18-12-21(6-8-23(18)30)24-13-20(16-32)14-28(31-24)29(2,34)11-10-25(33)22-7-9-26(27(15-22)35-3)36-17-19-4-5-19/h6-9,12-15,19,32,34H,4-5,10-11,16-17H2,1-3H3. The predicted molar refractivity (Wildman–Crippen MR) is 135 cm³/mol. The highest BCUT2D eigenvalue weighted by atomic mass is 19.1. The Kier molecular flexibility index (Phi) is 7.71. The van der Waals surface area contributed by atoms with Gasteiger partial charge in [0.2, 0.25) is 0 Å². The first-order chi connectivity index (χ1) is 17.2. The number of rotatable bonds is 11. The first-order valence-electron chi connectivity index (χ1n) is 12.2. The lowest BCUT2D eigenvalue weighted by atomic mass is 9.91. The summed E-state index contributed by atoms with van der Waals surface area (Å²) in [5.74, 6) is 1.26. The van der Waals surface area contributed by atoms with Crippen LogP contribution in [0.25, 0.3) is 11.3 Å². The third-order valence-corrected chi connectivity index (χ3v) is 6.57. The molecule has 0 spiro atoms. The molecule has 1 fully saturated rings. The molecule has 3 aromatic rings.